The maximum atomic E-state index is 12.2. The zero-order chi connectivity index (χ0) is 17.8. The summed E-state index contributed by atoms with van der Waals surface area (Å²) >= 11 is 0. The summed E-state index contributed by atoms with van der Waals surface area (Å²) in [6, 6.07) is 20.6. The third-order valence-corrected chi connectivity index (χ3v) is 4.55. The Morgan fingerprint density at radius 1 is 0.960 bits per heavy atom. The quantitative estimate of drug-likeness (QED) is 0.630. The van der Waals surface area contributed by atoms with Crippen LogP contribution in [0.25, 0.3) is 22.4 Å². The number of carbonyl (C=O) groups excluding carboxylic acids is 1. The van der Waals surface area contributed by atoms with Crippen LogP contribution in [0, 0.1) is 6.92 Å². The lowest BCUT2D eigenvalue weighted by atomic mass is 9.95. The predicted octanol–water partition coefficient (Wildman–Crippen LogP) is 4.77. The van der Waals surface area contributed by atoms with E-state index in [2.05, 4.69) is 42.8 Å². The van der Waals surface area contributed by atoms with Crippen molar-refractivity contribution in [2.45, 2.75) is 20.3 Å². The molecule has 0 aliphatic heterocycles. The van der Waals surface area contributed by atoms with E-state index in [9.17, 15) is 4.79 Å². The molecule has 128 valence electrons. The van der Waals surface area contributed by atoms with Gasteiger partial charge in [0.1, 0.15) is 0 Å². The molecule has 0 spiro atoms. The van der Waals surface area contributed by atoms with Crippen LogP contribution in [0.3, 0.4) is 0 Å². The molecule has 3 heteroatoms. The summed E-state index contributed by atoms with van der Waals surface area (Å²) < 4.78 is 7.37. The van der Waals surface area contributed by atoms with Crippen molar-refractivity contribution in [1.82, 2.24) is 4.57 Å². The van der Waals surface area contributed by atoms with Gasteiger partial charge >= 0.3 is 5.97 Å². The summed E-state index contributed by atoms with van der Waals surface area (Å²) in [6.45, 7) is 4.30. The highest BCUT2D eigenvalue weighted by molar-refractivity contribution is 5.88. The van der Waals surface area contributed by atoms with Crippen LogP contribution in [0.1, 0.15) is 18.2 Å². The summed E-state index contributed by atoms with van der Waals surface area (Å²) in [5, 5.41) is 0. The maximum absolute atomic E-state index is 12.2. The smallest absolute Gasteiger partial charge is 0.310 e. The minimum absolute atomic E-state index is 0.187. The van der Waals surface area contributed by atoms with Crippen molar-refractivity contribution in [2.24, 2.45) is 7.05 Å². The van der Waals surface area contributed by atoms with Gasteiger partial charge in [0.05, 0.1) is 18.7 Å². The fourth-order valence-corrected chi connectivity index (χ4v) is 3.28. The van der Waals surface area contributed by atoms with Crippen molar-refractivity contribution in [3.05, 3.63) is 71.9 Å². The van der Waals surface area contributed by atoms with Gasteiger partial charge in [0.15, 0.2) is 0 Å². The molecule has 0 aliphatic carbocycles. The van der Waals surface area contributed by atoms with Crippen molar-refractivity contribution >= 4 is 5.97 Å². The Labute approximate surface area is 148 Å². The normalized spacial score (nSPS) is 10.7. The molecule has 1 heterocycles. The van der Waals surface area contributed by atoms with Crippen LogP contribution in [-0.2, 0) is 23.0 Å². The number of aromatic nitrogens is 1. The van der Waals surface area contributed by atoms with Gasteiger partial charge in [-0.15, -0.1) is 0 Å². The van der Waals surface area contributed by atoms with Crippen molar-refractivity contribution in [1.29, 1.82) is 0 Å². The van der Waals surface area contributed by atoms with Crippen LogP contribution in [0.4, 0.5) is 0 Å². The van der Waals surface area contributed by atoms with Crippen molar-refractivity contribution in [3.63, 3.8) is 0 Å². The molecule has 0 saturated carbocycles. The summed E-state index contributed by atoms with van der Waals surface area (Å²) in [7, 11) is 2.05. The first-order chi connectivity index (χ1) is 12.1. The number of benzene rings is 2. The van der Waals surface area contributed by atoms with E-state index in [0.29, 0.717) is 6.61 Å². The van der Waals surface area contributed by atoms with Crippen molar-refractivity contribution < 1.29 is 9.53 Å². The van der Waals surface area contributed by atoms with E-state index in [1.54, 1.807) is 0 Å². The Bertz CT molecular complexity index is 864. The molecule has 1 aromatic heterocycles. The molecule has 2 aromatic carbocycles. The molecule has 3 rings (SSSR count). The van der Waals surface area contributed by atoms with Crippen molar-refractivity contribution in [2.75, 3.05) is 6.61 Å². The van der Waals surface area contributed by atoms with Gasteiger partial charge < -0.3 is 9.30 Å². The molecule has 0 saturated heterocycles. The lowest BCUT2D eigenvalue weighted by Crippen LogP contribution is -2.08. The van der Waals surface area contributed by atoms with Gasteiger partial charge in [0, 0.05) is 18.3 Å². The molecular weight excluding hydrogens is 310 g/mol. The van der Waals surface area contributed by atoms with Gasteiger partial charge in [-0.1, -0.05) is 60.7 Å². The number of carbonyl (C=O) groups is 1. The highest BCUT2D eigenvalue weighted by Crippen LogP contribution is 2.38. The first kappa shape index (κ1) is 17.0. The number of hydrogen-bond donors (Lipinski definition) is 0. The first-order valence-corrected chi connectivity index (χ1v) is 8.58. The molecule has 0 radical (unpaired) electrons. The van der Waals surface area contributed by atoms with E-state index in [0.717, 1.165) is 33.6 Å². The Kier molecular flexibility index (Phi) is 5.03. The first-order valence-electron chi connectivity index (χ1n) is 8.58. The summed E-state index contributed by atoms with van der Waals surface area (Å²) in [6.07, 6.45) is 0.282. The molecule has 0 N–H and O–H groups in total. The Balaban J connectivity index is 2.23. The number of nitrogens with zero attached hydrogens (tertiary/aromatic N) is 1. The molecule has 0 amide bonds. The monoisotopic (exact) mass is 333 g/mol. The van der Waals surface area contributed by atoms with E-state index >= 15 is 0 Å². The highest BCUT2D eigenvalue weighted by Gasteiger charge is 2.23. The van der Waals surface area contributed by atoms with E-state index in [1.165, 1.54) is 0 Å². The molecule has 25 heavy (non-hydrogen) atoms. The summed E-state index contributed by atoms with van der Waals surface area (Å²) in [5.74, 6) is -0.187. The maximum Gasteiger partial charge on any atom is 0.310 e. The third-order valence-electron chi connectivity index (χ3n) is 4.55. The average Bonchev–Trinajstić information content (AvgIpc) is 2.88. The Morgan fingerprint density at radius 2 is 1.52 bits per heavy atom. The second-order valence-electron chi connectivity index (χ2n) is 6.06. The van der Waals surface area contributed by atoms with Gasteiger partial charge in [-0.25, -0.2) is 0 Å². The zero-order valence-electron chi connectivity index (χ0n) is 15.0. The van der Waals surface area contributed by atoms with Crippen LogP contribution in [0.15, 0.2) is 60.7 Å². The van der Waals surface area contributed by atoms with Crippen molar-refractivity contribution in [3.8, 4) is 22.4 Å². The molecule has 3 nitrogen and oxygen atoms in total. The largest absolute Gasteiger partial charge is 0.466 e. The molecule has 0 aliphatic rings. The third kappa shape index (κ3) is 3.36. The van der Waals surface area contributed by atoms with E-state index in [4.69, 9.17) is 4.74 Å². The van der Waals surface area contributed by atoms with Crippen LogP contribution in [0.5, 0.6) is 0 Å². The van der Waals surface area contributed by atoms with E-state index < -0.39 is 0 Å². The van der Waals surface area contributed by atoms with Gasteiger partial charge in [-0.05, 0) is 30.5 Å². The van der Waals surface area contributed by atoms with E-state index in [-0.39, 0.29) is 12.4 Å². The van der Waals surface area contributed by atoms with Crippen LogP contribution < -0.4 is 0 Å². The standard InChI is InChI=1S/C22H23NO2/c1-4-25-20(24)15-19-16(2)23(3)22(18-13-9-6-10-14-18)21(19)17-11-7-5-8-12-17/h5-14H,4,15H2,1-3H3. The van der Waals surface area contributed by atoms with Gasteiger partial charge in [0.2, 0.25) is 0 Å². The summed E-state index contributed by atoms with van der Waals surface area (Å²) in [4.78, 5) is 12.2. The van der Waals surface area contributed by atoms with Crippen LogP contribution >= 0.6 is 0 Å². The number of rotatable bonds is 5. The van der Waals surface area contributed by atoms with Gasteiger partial charge in [0.25, 0.3) is 0 Å². The fourth-order valence-electron chi connectivity index (χ4n) is 3.28. The SMILES string of the molecule is CCOC(=O)Cc1c(-c2ccccc2)c(-c2ccccc2)n(C)c1C. The fraction of sp³-hybridized carbons (Fsp3) is 0.227. The van der Waals surface area contributed by atoms with E-state index in [1.807, 2.05) is 43.3 Å². The molecule has 0 unspecified atom stereocenters. The average molecular weight is 333 g/mol. The highest BCUT2D eigenvalue weighted by atomic mass is 16.5. The Hall–Kier alpha value is -2.81. The van der Waals surface area contributed by atoms with Crippen LogP contribution in [0.2, 0.25) is 0 Å². The predicted molar refractivity (Wildman–Crippen MR) is 101 cm³/mol. The zero-order valence-corrected chi connectivity index (χ0v) is 15.0. The number of esters is 1. The number of hydrogen-bond acceptors (Lipinski definition) is 2. The van der Waals surface area contributed by atoms with Crippen LogP contribution in [-0.4, -0.2) is 17.1 Å². The minimum atomic E-state index is -0.187. The Morgan fingerprint density at radius 3 is 2.08 bits per heavy atom. The topological polar surface area (TPSA) is 31.2 Å². The lowest BCUT2D eigenvalue weighted by molar-refractivity contribution is -0.142. The molecule has 0 bridgehead atoms. The second kappa shape index (κ2) is 7.39. The van der Waals surface area contributed by atoms with Gasteiger partial charge in [-0.3, -0.25) is 4.79 Å². The molecule has 3 aromatic rings. The lowest BCUT2D eigenvalue weighted by Gasteiger charge is -2.10. The van der Waals surface area contributed by atoms with Gasteiger partial charge in [-0.2, -0.15) is 0 Å². The molecule has 0 atom stereocenters. The summed E-state index contributed by atoms with van der Waals surface area (Å²) in [5.41, 5.74) is 6.62. The second-order valence-corrected chi connectivity index (χ2v) is 6.06. The number of ether oxygens (including phenoxy) is 1. The molecule has 0 fully saturated rings. The molecular formula is C22H23NO2. The minimum Gasteiger partial charge on any atom is -0.466 e.